The summed E-state index contributed by atoms with van der Waals surface area (Å²) < 4.78 is 5.99. The molecule has 1 aromatic rings. The number of carbonyl (C=O) groups is 2. The van der Waals surface area contributed by atoms with Crippen molar-refractivity contribution in [3.8, 4) is 0 Å². The number of carboxylic acids is 1. The van der Waals surface area contributed by atoms with Gasteiger partial charge in [-0.3, -0.25) is 4.79 Å². The first-order chi connectivity index (χ1) is 12.6. The summed E-state index contributed by atoms with van der Waals surface area (Å²) >= 11 is 0. The maximum Gasteiger partial charge on any atom is 0.317 e. The zero-order valence-corrected chi connectivity index (χ0v) is 14.6. The standard InChI is InChI=1S/C20H24N2O4/c23-19(24)16-10-22(9-15(16)11-4-2-1-3-5-11)20(25)21-8-12-6-17-13-7-14(13)18(12)26-17/h1-5,12-18H,6-10H2,(H,21,25)(H,23,24)/t12-,13+,14-,15-,16+,17-,18+/m0/s1. The molecule has 3 aliphatic heterocycles. The zero-order chi connectivity index (χ0) is 17.8. The molecule has 5 rings (SSSR count). The van der Waals surface area contributed by atoms with Crippen LogP contribution in [0.2, 0.25) is 0 Å². The number of fused-ring (bicyclic) bond motifs is 5. The number of hydrogen-bond acceptors (Lipinski definition) is 3. The van der Waals surface area contributed by atoms with Crippen LogP contribution in [0.5, 0.6) is 0 Å². The second kappa shape index (κ2) is 5.98. The fourth-order valence-corrected chi connectivity index (χ4v) is 5.36. The molecule has 6 heteroatoms. The Balaban J connectivity index is 1.21. The van der Waals surface area contributed by atoms with Crippen molar-refractivity contribution in [1.82, 2.24) is 10.2 Å². The van der Waals surface area contributed by atoms with Gasteiger partial charge >= 0.3 is 12.0 Å². The highest BCUT2D eigenvalue weighted by Crippen LogP contribution is 2.60. The number of rotatable bonds is 4. The van der Waals surface area contributed by atoms with Crippen LogP contribution < -0.4 is 5.32 Å². The number of likely N-dealkylation sites (tertiary alicyclic amines) is 1. The Morgan fingerprint density at radius 3 is 2.65 bits per heavy atom. The van der Waals surface area contributed by atoms with Crippen molar-refractivity contribution in [3.63, 3.8) is 0 Å². The van der Waals surface area contributed by atoms with Gasteiger partial charge in [0, 0.05) is 31.5 Å². The molecule has 138 valence electrons. The lowest BCUT2D eigenvalue weighted by atomic mass is 9.89. The summed E-state index contributed by atoms with van der Waals surface area (Å²) in [4.78, 5) is 26.0. The van der Waals surface area contributed by atoms with E-state index in [1.165, 1.54) is 6.42 Å². The number of hydrogen-bond donors (Lipinski definition) is 2. The van der Waals surface area contributed by atoms with Gasteiger partial charge in [-0.2, -0.15) is 0 Å². The fraction of sp³-hybridized carbons (Fsp3) is 0.600. The van der Waals surface area contributed by atoms with E-state index in [-0.39, 0.29) is 18.5 Å². The summed E-state index contributed by atoms with van der Waals surface area (Å²) in [5.41, 5.74) is 0.983. The van der Waals surface area contributed by atoms with Gasteiger partial charge in [-0.25, -0.2) is 4.79 Å². The van der Waals surface area contributed by atoms with Crippen LogP contribution in [-0.4, -0.2) is 53.8 Å². The van der Waals surface area contributed by atoms with Crippen LogP contribution in [0.1, 0.15) is 24.3 Å². The summed E-state index contributed by atoms with van der Waals surface area (Å²) in [6, 6.07) is 9.49. The second-order valence-corrected chi connectivity index (χ2v) is 8.25. The van der Waals surface area contributed by atoms with Gasteiger partial charge in [0.05, 0.1) is 18.1 Å². The molecule has 1 aliphatic carbocycles. The van der Waals surface area contributed by atoms with Gasteiger partial charge in [0.2, 0.25) is 0 Å². The minimum atomic E-state index is -0.838. The molecular weight excluding hydrogens is 332 g/mol. The average Bonchev–Trinajstić information content (AvgIpc) is 3.04. The van der Waals surface area contributed by atoms with Gasteiger partial charge < -0.3 is 20.1 Å². The van der Waals surface area contributed by atoms with Gasteiger partial charge in [-0.15, -0.1) is 0 Å². The second-order valence-electron chi connectivity index (χ2n) is 8.25. The van der Waals surface area contributed by atoms with Crippen LogP contribution >= 0.6 is 0 Å². The Morgan fingerprint density at radius 1 is 1.15 bits per heavy atom. The van der Waals surface area contributed by atoms with Crippen molar-refractivity contribution in [2.24, 2.45) is 23.7 Å². The number of carbonyl (C=O) groups excluding carboxylic acids is 1. The molecule has 3 heterocycles. The van der Waals surface area contributed by atoms with Crippen molar-refractivity contribution in [1.29, 1.82) is 0 Å². The first kappa shape index (κ1) is 16.1. The number of carboxylic acid groups (broad SMARTS) is 1. The molecule has 2 N–H and O–H groups in total. The lowest BCUT2D eigenvalue weighted by Crippen LogP contribution is -2.42. The Hall–Kier alpha value is -2.08. The average molecular weight is 356 g/mol. The number of benzene rings is 1. The molecule has 3 saturated heterocycles. The van der Waals surface area contributed by atoms with Crippen molar-refractivity contribution in [2.75, 3.05) is 19.6 Å². The van der Waals surface area contributed by atoms with E-state index in [1.54, 1.807) is 4.90 Å². The maximum atomic E-state index is 12.6. The van der Waals surface area contributed by atoms with Crippen molar-refractivity contribution in [2.45, 2.75) is 31.0 Å². The molecule has 2 amide bonds. The van der Waals surface area contributed by atoms with Crippen LogP contribution in [0.4, 0.5) is 4.79 Å². The number of aliphatic carboxylic acids is 1. The van der Waals surface area contributed by atoms with Gasteiger partial charge in [-0.05, 0) is 30.2 Å². The van der Waals surface area contributed by atoms with Crippen molar-refractivity contribution >= 4 is 12.0 Å². The summed E-state index contributed by atoms with van der Waals surface area (Å²) in [7, 11) is 0. The van der Waals surface area contributed by atoms with Gasteiger partial charge in [0.1, 0.15) is 0 Å². The predicted molar refractivity (Wildman–Crippen MR) is 93.6 cm³/mol. The van der Waals surface area contributed by atoms with Gasteiger partial charge in [0.15, 0.2) is 0 Å². The molecule has 0 radical (unpaired) electrons. The monoisotopic (exact) mass is 356 g/mol. The molecule has 4 fully saturated rings. The lowest BCUT2D eigenvalue weighted by Gasteiger charge is -2.22. The van der Waals surface area contributed by atoms with Gasteiger partial charge in [-0.1, -0.05) is 30.3 Å². The minimum Gasteiger partial charge on any atom is -0.481 e. The quantitative estimate of drug-likeness (QED) is 0.864. The summed E-state index contributed by atoms with van der Waals surface area (Å²) in [6.45, 7) is 1.34. The van der Waals surface area contributed by atoms with Crippen LogP contribution in [-0.2, 0) is 9.53 Å². The third-order valence-corrected chi connectivity index (χ3v) is 6.79. The smallest absolute Gasteiger partial charge is 0.317 e. The van der Waals surface area contributed by atoms with Crippen molar-refractivity contribution in [3.05, 3.63) is 35.9 Å². The van der Waals surface area contributed by atoms with Crippen LogP contribution in [0.15, 0.2) is 30.3 Å². The zero-order valence-electron chi connectivity index (χ0n) is 14.6. The number of amides is 2. The van der Waals surface area contributed by atoms with E-state index >= 15 is 0 Å². The number of nitrogens with zero attached hydrogens (tertiary/aromatic N) is 1. The minimum absolute atomic E-state index is 0.148. The molecule has 1 aromatic carbocycles. The van der Waals surface area contributed by atoms with E-state index in [0.29, 0.717) is 31.2 Å². The Morgan fingerprint density at radius 2 is 1.96 bits per heavy atom. The van der Waals surface area contributed by atoms with Crippen LogP contribution in [0.3, 0.4) is 0 Å². The van der Waals surface area contributed by atoms with Crippen LogP contribution in [0, 0.1) is 23.7 Å². The molecule has 1 saturated carbocycles. The molecule has 0 unspecified atom stereocenters. The SMILES string of the molecule is O=C(O)[C@@H]1CN(C(=O)NC[C@@H]2C[C@@H]3O[C@H]2[C@H]2C[C@H]23)C[C@H]1c1ccccc1. The van der Waals surface area contributed by atoms with E-state index in [2.05, 4.69) is 5.32 Å². The van der Waals surface area contributed by atoms with Crippen LogP contribution in [0.25, 0.3) is 0 Å². The normalized spacial score (nSPS) is 39.7. The molecule has 4 aliphatic rings. The topological polar surface area (TPSA) is 78.9 Å². The Kier molecular flexibility index (Phi) is 3.71. The number of urea groups is 1. The maximum absolute atomic E-state index is 12.6. The molecular formula is C20H24N2O4. The number of nitrogens with one attached hydrogen (secondary N) is 1. The molecule has 26 heavy (non-hydrogen) atoms. The Labute approximate surface area is 152 Å². The van der Waals surface area contributed by atoms with E-state index in [9.17, 15) is 14.7 Å². The first-order valence-electron chi connectivity index (χ1n) is 9.58. The summed E-state index contributed by atoms with van der Waals surface area (Å²) in [5, 5.41) is 12.6. The van der Waals surface area contributed by atoms with E-state index in [1.807, 2.05) is 30.3 Å². The van der Waals surface area contributed by atoms with Gasteiger partial charge in [0.25, 0.3) is 0 Å². The third-order valence-electron chi connectivity index (χ3n) is 6.79. The molecule has 2 bridgehead atoms. The molecule has 7 atom stereocenters. The molecule has 6 nitrogen and oxygen atoms in total. The van der Waals surface area contributed by atoms with E-state index in [4.69, 9.17) is 4.74 Å². The molecule has 0 aromatic heterocycles. The molecule has 0 spiro atoms. The predicted octanol–water partition coefficient (Wildman–Crippen LogP) is 1.92. The Bertz CT molecular complexity index is 724. The van der Waals surface area contributed by atoms with Crippen molar-refractivity contribution < 1.29 is 19.4 Å². The highest BCUT2D eigenvalue weighted by atomic mass is 16.5. The first-order valence-corrected chi connectivity index (χ1v) is 9.58. The largest absolute Gasteiger partial charge is 0.481 e. The van der Waals surface area contributed by atoms with E-state index < -0.39 is 11.9 Å². The fourth-order valence-electron chi connectivity index (χ4n) is 5.36. The summed E-state index contributed by atoms with van der Waals surface area (Å²) in [6.07, 6.45) is 3.09. The summed E-state index contributed by atoms with van der Waals surface area (Å²) in [5.74, 6) is 0.374. The lowest BCUT2D eigenvalue weighted by molar-refractivity contribution is -0.141. The highest BCUT2D eigenvalue weighted by Gasteiger charge is 2.62. The van der Waals surface area contributed by atoms with E-state index in [0.717, 1.165) is 23.8 Å². The third kappa shape index (κ3) is 2.58. The highest BCUT2D eigenvalue weighted by molar-refractivity contribution is 5.78. The number of ether oxygens (including phenoxy) is 1.